The number of aryl methyl sites for hydroxylation is 2. The maximum atomic E-state index is 11.6. The molecule has 3 N–H and O–H groups in total. The van der Waals surface area contributed by atoms with Gasteiger partial charge in [0, 0.05) is 11.4 Å². The van der Waals surface area contributed by atoms with Gasteiger partial charge in [-0.3, -0.25) is 0 Å². The first kappa shape index (κ1) is 11.8. The molecule has 0 fully saturated rings. The molecule has 0 saturated carbocycles. The van der Waals surface area contributed by atoms with Crippen LogP contribution in [0.1, 0.15) is 33.7 Å². The lowest BCUT2D eigenvalue weighted by molar-refractivity contribution is 0.0599. The summed E-state index contributed by atoms with van der Waals surface area (Å²) in [6, 6.07) is 0. The van der Waals surface area contributed by atoms with E-state index in [0.29, 0.717) is 12.1 Å². The van der Waals surface area contributed by atoms with Crippen LogP contribution in [0.5, 0.6) is 0 Å². The van der Waals surface area contributed by atoms with Gasteiger partial charge in [0.2, 0.25) is 0 Å². The van der Waals surface area contributed by atoms with Crippen molar-refractivity contribution in [3.63, 3.8) is 0 Å². The Morgan fingerprint density at radius 1 is 1.40 bits per heavy atom. The number of ether oxygens (including phenoxy) is 1. The standard InChI is InChI=1S/C11H18N2O2/c1-7-9(5-4-6-12)10(8(2)13-7)11(14)15-3/h13H,4-6,12H2,1-3H3. The fourth-order valence-electron chi connectivity index (χ4n) is 1.80. The number of esters is 1. The van der Waals surface area contributed by atoms with Crippen molar-refractivity contribution in [3.8, 4) is 0 Å². The Morgan fingerprint density at radius 2 is 2.07 bits per heavy atom. The average Bonchev–Trinajstić information content (AvgIpc) is 2.49. The fraction of sp³-hybridized carbons (Fsp3) is 0.545. The molecule has 0 aromatic carbocycles. The van der Waals surface area contributed by atoms with Gasteiger partial charge in [0.1, 0.15) is 0 Å². The Bertz CT molecular complexity index is 356. The van der Waals surface area contributed by atoms with Crippen molar-refractivity contribution in [2.24, 2.45) is 5.73 Å². The largest absolute Gasteiger partial charge is 0.465 e. The summed E-state index contributed by atoms with van der Waals surface area (Å²) in [6.07, 6.45) is 1.69. The van der Waals surface area contributed by atoms with Crippen molar-refractivity contribution in [1.82, 2.24) is 4.98 Å². The van der Waals surface area contributed by atoms with E-state index in [4.69, 9.17) is 10.5 Å². The van der Waals surface area contributed by atoms with E-state index in [1.165, 1.54) is 7.11 Å². The molecule has 15 heavy (non-hydrogen) atoms. The molecule has 0 amide bonds. The number of H-pyrrole nitrogens is 1. The minimum absolute atomic E-state index is 0.274. The highest BCUT2D eigenvalue weighted by molar-refractivity contribution is 5.92. The van der Waals surface area contributed by atoms with Crippen LogP contribution in [-0.4, -0.2) is 24.6 Å². The van der Waals surface area contributed by atoms with Gasteiger partial charge in [0.15, 0.2) is 0 Å². The van der Waals surface area contributed by atoms with Crippen LogP contribution >= 0.6 is 0 Å². The summed E-state index contributed by atoms with van der Waals surface area (Å²) in [5, 5.41) is 0. The maximum absolute atomic E-state index is 11.6. The number of hydrogen-bond donors (Lipinski definition) is 2. The number of rotatable bonds is 4. The third-order valence-electron chi connectivity index (χ3n) is 2.52. The van der Waals surface area contributed by atoms with Crippen LogP contribution in [0.3, 0.4) is 0 Å². The molecule has 4 nitrogen and oxygen atoms in total. The molecule has 0 spiro atoms. The zero-order chi connectivity index (χ0) is 11.4. The molecule has 0 radical (unpaired) electrons. The first-order valence-corrected chi connectivity index (χ1v) is 5.08. The van der Waals surface area contributed by atoms with Crippen LogP contribution in [0.4, 0.5) is 0 Å². The lowest BCUT2D eigenvalue weighted by Gasteiger charge is -2.03. The molecule has 4 heteroatoms. The molecule has 0 bridgehead atoms. The summed E-state index contributed by atoms with van der Waals surface area (Å²) in [4.78, 5) is 14.7. The summed E-state index contributed by atoms with van der Waals surface area (Å²) < 4.78 is 4.76. The Hall–Kier alpha value is -1.29. The van der Waals surface area contributed by atoms with E-state index in [1.54, 1.807) is 0 Å². The molecule has 0 aliphatic carbocycles. The first-order chi connectivity index (χ1) is 7.11. The molecule has 1 aromatic rings. The predicted molar refractivity (Wildman–Crippen MR) is 59.0 cm³/mol. The van der Waals surface area contributed by atoms with E-state index in [0.717, 1.165) is 29.8 Å². The van der Waals surface area contributed by atoms with Gasteiger partial charge in [-0.2, -0.15) is 0 Å². The smallest absolute Gasteiger partial charge is 0.339 e. The van der Waals surface area contributed by atoms with E-state index < -0.39 is 0 Å². The number of hydrogen-bond acceptors (Lipinski definition) is 3. The zero-order valence-corrected chi connectivity index (χ0v) is 9.52. The fourth-order valence-corrected chi connectivity index (χ4v) is 1.80. The van der Waals surface area contributed by atoms with Gasteiger partial charge in [0.25, 0.3) is 0 Å². The van der Waals surface area contributed by atoms with Gasteiger partial charge in [-0.25, -0.2) is 4.79 Å². The monoisotopic (exact) mass is 210 g/mol. The summed E-state index contributed by atoms with van der Waals surface area (Å²) in [5.41, 5.74) is 9.06. The van der Waals surface area contributed by atoms with Crippen molar-refractivity contribution in [2.75, 3.05) is 13.7 Å². The molecule has 1 aromatic heterocycles. The minimum Gasteiger partial charge on any atom is -0.465 e. The van der Waals surface area contributed by atoms with Crippen LogP contribution < -0.4 is 5.73 Å². The quantitative estimate of drug-likeness (QED) is 0.736. The van der Waals surface area contributed by atoms with E-state index in [2.05, 4.69) is 4.98 Å². The number of aromatic nitrogens is 1. The molecule has 0 unspecified atom stereocenters. The summed E-state index contributed by atoms with van der Waals surface area (Å²) in [6.45, 7) is 4.47. The van der Waals surface area contributed by atoms with E-state index >= 15 is 0 Å². The van der Waals surface area contributed by atoms with Gasteiger partial charge < -0.3 is 15.5 Å². The molecule has 0 aliphatic heterocycles. The molecule has 0 atom stereocenters. The Morgan fingerprint density at radius 3 is 2.60 bits per heavy atom. The van der Waals surface area contributed by atoms with Crippen LogP contribution in [0.25, 0.3) is 0 Å². The minimum atomic E-state index is -0.274. The molecule has 1 rings (SSSR count). The normalized spacial score (nSPS) is 10.4. The number of nitrogens with one attached hydrogen (secondary N) is 1. The topological polar surface area (TPSA) is 68.1 Å². The molecule has 0 saturated heterocycles. The van der Waals surface area contributed by atoms with Crippen LogP contribution in [-0.2, 0) is 11.2 Å². The highest BCUT2D eigenvalue weighted by Gasteiger charge is 2.18. The molecular weight excluding hydrogens is 192 g/mol. The van der Waals surface area contributed by atoms with Gasteiger partial charge in [-0.1, -0.05) is 0 Å². The first-order valence-electron chi connectivity index (χ1n) is 5.08. The van der Waals surface area contributed by atoms with Crippen LogP contribution in [0.2, 0.25) is 0 Å². The molecule has 1 heterocycles. The van der Waals surface area contributed by atoms with Crippen molar-refractivity contribution in [2.45, 2.75) is 26.7 Å². The van der Waals surface area contributed by atoms with Gasteiger partial charge in [0.05, 0.1) is 12.7 Å². The lowest BCUT2D eigenvalue weighted by Crippen LogP contribution is -2.07. The van der Waals surface area contributed by atoms with E-state index in [1.807, 2.05) is 13.8 Å². The number of methoxy groups -OCH3 is 1. The maximum Gasteiger partial charge on any atom is 0.339 e. The van der Waals surface area contributed by atoms with Crippen molar-refractivity contribution in [1.29, 1.82) is 0 Å². The summed E-state index contributed by atoms with van der Waals surface area (Å²) >= 11 is 0. The number of carbonyl (C=O) groups excluding carboxylic acids is 1. The van der Waals surface area contributed by atoms with E-state index in [-0.39, 0.29) is 5.97 Å². The number of nitrogens with two attached hydrogens (primary N) is 1. The Kier molecular flexibility index (Phi) is 3.91. The number of aromatic amines is 1. The molecule has 84 valence electrons. The molecular formula is C11H18N2O2. The Balaban J connectivity index is 3.05. The van der Waals surface area contributed by atoms with E-state index in [9.17, 15) is 4.79 Å². The van der Waals surface area contributed by atoms with Crippen molar-refractivity contribution >= 4 is 5.97 Å². The highest BCUT2D eigenvalue weighted by Crippen LogP contribution is 2.20. The zero-order valence-electron chi connectivity index (χ0n) is 9.52. The highest BCUT2D eigenvalue weighted by atomic mass is 16.5. The third kappa shape index (κ3) is 2.39. The van der Waals surface area contributed by atoms with Crippen molar-refractivity contribution < 1.29 is 9.53 Å². The van der Waals surface area contributed by atoms with Gasteiger partial charge >= 0.3 is 5.97 Å². The third-order valence-corrected chi connectivity index (χ3v) is 2.52. The average molecular weight is 210 g/mol. The van der Waals surface area contributed by atoms with Gasteiger partial charge in [-0.05, 0) is 38.8 Å². The second-order valence-corrected chi connectivity index (χ2v) is 3.61. The van der Waals surface area contributed by atoms with Gasteiger partial charge in [-0.15, -0.1) is 0 Å². The lowest BCUT2D eigenvalue weighted by atomic mass is 10.0. The second kappa shape index (κ2) is 4.98. The van der Waals surface area contributed by atoms with Crippen molar-refractivity contribution in [3.05, 3.63) is 22.5 Å². The predicted octanol–water partition coefficient (Wildman–Crippen LogP) is 1.31. The Labute approximate surface area is 89.8 Å². The number of carbonyl (C=O) groups is 1. The second-order valence-electron chi connectivity index (χ2n) is 3.61. The van der Waals surface area contributed by atoms with Crippen LogP contribution in [0, 0.1) is 13.8 Å². The molecule has 0 aliphatic rings. The SMILES string of the molecule is COC(=O)c1c(C)[nH]c(C)c1CCCN. The van der Waals surface area contributed by atoms with Crippen LogP contribution in [0.15, 0.2) is 0 Å². The summed E-state index contributed by atoms with van der Waals surface area (Å²) in [7, 11) is 1.40. The summed E-state index contributed by atoms with van der Waals surface area (Å²) in [5.74, 6) is -0.274.